The Kier molecular flexibility index (Phi) is 4.42. The molecule has 1 aliphatic carbocycles. The first-order valence-corrected chi connectivity index (χ1v) is 7.84. The van der Waals surface area contributed by atoms with E-state index in [2.05, 4.69) is 16.3 Å². The summed E-state index contributed by atoms with van der Waals surface area (Å²) in [6.45, 7) is 3.29. The maximum absolute atomic E-state index is 9.12. The van der Waals surface area contributed by atoms with E-state index in [1.165, 1.54) is 38.8 Å². The fourth-order valence-electron chi connectivity index (χ4n) is 3.12. The Morgan fingerprint density at radius 1 is 1.29 bits per heavy atom. The molecular weight excluding hydrogens is 262 g/mol. The summed E-state index contributed by atoms with van der Waals surface area (Å²) in [6, 6.07) is 9.52. The first kappa shape index (κ1) is 14.4. The molecular formula is C17H23N3O. The number of hydrogen-bond donors (Lipinski definition) is 1. The molecule has 1 aliphatic heterocycles. The van der Waals surface area contributed by atoms with Crippen molar-refractivity contribution in [2.45, 2.75) is 44.3 Å². The smallest absolute Gasteiger partial charge is 0.136 e. The third-order valence-electron chi connectivity index (χ3n) is 4.57. The number of hydrogen-bond acceptors (Lipinski definition) is 4. The van der Waals surface area contributed by atoms with Crippen LogP contribution in [0.2, 0.25) is 0 Å². The standard InChI is InChI=1S/C17H23N3O/c1-21-17-5-2-13(10-14(17)11-18)12-19-15-6-8-20(9-7-15)16-3-4-16/h2,5,10,15-16,19H,3-4,6-9,12H2,1H3. The van der Waals surface area contributed by atoms with Gasteiger partial charge in [0, 0.05) is 18.6 Å². The molecule has 2 fully saturated rings. The molecule has 1 N–H and O–H groups in total. The van der Waals surface area contributed by atoms with Crippen molar-refractivity contribution in [3.05, 3.63) is 29.3 Å². The largest absolute Gasteiger partial charge is 0.495 e. The summed E-state index contributed by atoms with van der Waals surface area (Å²) in [5, 5.41) is 12.8. The normalized spacial score (nSPS) is 20.2. The average Bonchev–Trinajstić information content (AvgIpc) is 3.38. The van der Waals surface area contributed by atoms with Gasteiger partial charge in [-0.1, -0.05) is 6.07 Å². The minimum absolute atomic E-state index is 0.604. The number of piperidine rings is 1. The quantitative estimate of drug-likeness (QED) is 0.901. The lowest BCUT2D eigenvalue weighted by atomic mass is 10.0. The van der Waals surface area contributed by atoms with Crippen molar-refractivity contribution in [1.29, 1.82) is 5.26 Å². The highest BCUT2D eigenvalue weighted by Gasteiger charge is 2.31. The van der Waals surface area contributed by atoms with Crippen LogP contribution in [0.15, 0.2) is 18.2 Å². The number of nitrogens with one attached hydrogen (secondary N) is 1. The first-order chi connectivity index (χ1) is 10.3. The van der Waals surface area contributed by atoms with Gasteiger partial charge in [-0.3, -0.25) is 0 Å². The van der Waals surface area contributed by atoms with Crippen molar-refractivity contribution in [3.63, 3.8) is 0 Å². The van der Waals surface area contributed by atoms with Crippen LogP contribution in [-0.4, -0.2) is 37.2 Å². The second kappa shape index (κ2) is 6.46. The Bertz CT molecular complexity index is 525. The van der Waals surface area contributed by atoms with Gasteiger partial charge < -0.3 is 15.0 Å². The van der Waals surface area contributed by atoms with Gasteiger partial charge in [-0.05, 0) is 56.5 Å². The van der Waals surface area contributed by atoms with Crippen molar-refractivity contribution >= 4 is 0 Å². The third kappa shape index (κ3) is 3.55. The Morgan fingerprint density at radius 2 is 2.05 bits per heavy atom. The molecule has 1 heterocycles. The van der Waals surface area contributed by atoms with Crippen molar-refractivity contribution < 1.29 is 4.74 Å². The molecule has 21 heavy (non-hydrogen) atoms. The highest BCUT2D eigenvalue weighted by atomic mass is 16.5. The van der Waals surface area contributed by atoms with Crippen LogP contribution in [0, 0.1) is 11.3 Å². The summed E-state index contributed by atoms with van der Waals surface area (Å²) < 4.78 is 5.18. The van der Waals surface area contributed by atoms with Crippen molar-refractivity contribution in [2.75, 3.05) is 20.2 Å². The van der Waals surface area contributed by atoms with E-state index in [4.69, 9.17) is 10.00 Å². The van der Waals surface area contributed by atoms with E-state index < -0.39 is 0 Å². The van der Waals surface area contributed by atoms with Crippen LogP contribution >= 0.6 is 0 Å². The van der Waals surface area contributed by atoms with Gasteiger partial charge in [-0.25, -0.2) is 0 Å². The number of benzene rings is 1. The number of likely N-dealkylation sites (tertiary alicyclic amines) is 1. The molecule has 2 aliphatic rings. The second-order valence-corrected chi connectivity index (χ2v) is 6.07. The van der Waals surface area contributed by atoms with Crippen LogP contribution in [0.3, 0.4) is 0 Å². The van der Waals surface area contributed by atoms with E-state index in [1.54, 1.807) is 7.11 Å². The van der Waals surface area contributed by atoms with Gasteiger partial charge in [-0.2, -0.15) is 5.26 Å². The molecule has 3 rings (SSSR count). The number of rotatable bonds is 5. The highest BCUT2D eigenvalue weighted by molar-refractivity contribution is 5.45. The van der Waals surface area contributed by atoms with Crippen LogP contribution in [0.1, 0.15) is 36.8 Å². The molecule has 0 atom stereocenters. The zero-order valence-corrected chi connectivity index (χ0v) is 12.6. The fourth-order valence-corrected chi connectivity index (χ4v) is 3.12. The van der Waals surface area contributed by atoms with Gasteiger partial charge in [0.2, 0.25) is 0 Å². The number of nitriles is 1. The van der Waals surface area contributed by atoms with E-state index in [1.807, 2.05) is 18.2 Å². The zero-order valence-electron chi connectivity index (χ0n) is 12.6. The number of nitrogens with zero attached hydrogens (tertiary/aromatic N) is 2. The monoisotopic (exact) mass is 285 g/mol. The molecule has 4 heteroatoms. The molecule has 0 spiro atoms. The Morgan fingerprint density at radius 3 is 2.67 bits per heavy atom. The maximum atomic E-state index is 9.12. The van der Waals surface area contributed by atoms with Gasteiger partial charge >= 0.3 is 0 Å². The molecule has 0 unspecified atom stereocenters. The molecule has 0 aromatic heterocycles. The summed E-state index contributed by atoms with van der Waals surface area (Å²) in [5.41, 5.74) is 1.76. The molecule has 4 nitrogen and oxygen atoms in total. The van der Waals surface area contributed by atoms with Crippen LogP contribution in [0.25, 0.3) is 0 Å². The summed E-state index contributed by atoms with van der Waals surface area (Å²) >= 11 is 0. The molecule has 0 radical (unpaired) electrons. The third-order valence-corrected chi connectivity index (χ3v) is 4.57. The molecule has 1 saturated heterocycles. The lowest BCUT2D eigenvalue weighted by molar-refractivity contribution is 0.189. The number of ether oxygens (including phenoxy) is 1. The van der Waals surface area contributed by atoms with Gasteiger partial charge in [0.15, 0.2) is 0 Å². The summed E-state index contributed by atoms with van der Waals surface area (Å²) in [5.74, 6) is 0.652. The predicted octanol–water partition coefficient (Wildman–Crippen LogP) is 2.28. The maximum Gasteiger partial charge on any atom is 0.136 e. The molecule has 112 valence electrons. The Hall–Kier alpha value is -1.57. The van der Waals surface area contributed by atoms with E-state index in [0.717, 1.165) is 18.2 Å². The van der Waals surface area contributed by atoms with Crippen LogP contribution in [-0.2, 0) is 6.54 Å². The Labute approximate surface area is 126 Å². The molecule has 0 amide bonds. The average molecular weight is 285 g/mol. The van der Waals surface area contributed by atoms with E-state index in [0.29, 0.717) is 17.4 Å². The molecule has 0 bridgehead atoms. The van der Waals surface area contributed by atoms with Crippen molar-refractivity contribution in [2.24, 2.45) is 0 Å². The zero-order chi connectivity index (χ0) is 14.7. The second-order valence-electron chi connectivity index (χ2n) is 6.07. The molecule has 1 aromatic rings. The first-order valence-electron chi connectivity index (χ1n) is 7.84. The lowest BCUT2D eigenvalue weighted by Gasteiger charge is -2.32. The predicted molar refractivity (Wildman–Crippen MR) is 82.2 cm³/mol. The van der Waals surface area contributed by atoms with Crippen LogP contribution in [0.4, 0.5) is 0 Å². The van der Waals surface area contributed by atoms with Crippen molar-refractivity contribution in [1.82, 2.24) is 10.2 Å². The van der Waals surface area contributed by atoms with Gasteiger partial charge in [0.25, 0.3) is 0 Å². The van der Waals surface area contributed by atoms with Gasteiger partial charge in [0.05, 0.1) is 12.7 Å². The van der Waals surface area contributed by atoms with Crippen molar-refractivity contribution in [3.8, 4) is 11.8 Å². The summed E-state index contributed by atoms with van der Waals surface area (Å²) in [7, 11) is 1.60. The SMILES string of the molecule is COc1ccc(CNC2CCN(C3CC3)CC2)cc1C#N. The fraction of sp³-hybridized carbons (Fsp3) is 0.588. The van der Waals surface area contributed by atoms with Crippen LogP contribution in [0.5, 0.6) is 5.75 Å². The lowest BCUT2D eigenvalue weighted by Crippen LogP contribution is -2.43. The minimum Gasteiger partial charge on any atom is -0.495 e. The van der Waals surface area contributed by atoms with Gasteiger partial charge in [-0.15, -0.1) is 0 Å². The topological polar surface area (TPSA) is 48.3 Å². The van der Waals surface area contributed by atoms with E-state index in [9.17, 15) is 0 Å². The highest BCUT2D eigenvalue weighted by Crippen LogP contribution is 2.29. The van der Waals surface area contributed by atoms with Gasteiger partial charge in [0.1, 0.15) is 11.8 Å². The summed E-state index contributed by atoms with van der Waals surface area (Å²) in [4.78, 5) is 2.64. The summed E-state index contributed by atoms with van der Waals surface area (Å²) in [6.07, 6.45) is 5.28. The molecule has 1 aromatic carbocycles. The minimum atomic E-state index is 0.604. The number of methoxy groups -OCH3 is 1. The molecule has 1 saturated carbocycles. The van der Waals surface area contributed by atoms with E-state index >= 15 is 0 Å². The Balaban J connectivity index is 1.50. The van der Waals surface area contributed by atoms with E-state index in [-0.39, 0.29) is 0 Å². The van der Waals surface area contributed by atoms with Crippen LogP contribution < -0.4 is 10.1 Å².